The van der Waals surface area contributed by atoms with E-state index in [2.05, 4.69) is 4.40 Å². The van der Waals surface area contributed by atoms with Crippen LogP contribution in [0.3, 0.4) is 0 Å². The number of rotatable bonds is 4. The molecule has 1 amide bonds. The van der Waals surface area contributed by atoms with Crippen molar-refractivity contribution in [3.05, 3.63) is 23.9 Å². The van der Waals surface area contributed by atoms with Gasteiger partial charge in [-0.15, -0.1) is 4.40 Å². The number of sulfonamides is 1. The number of allylic oxidation sites excluding steroid dienone is 2. The molecule has 0 bridgehead atoms. The molecule has 0 spiro atoms. The minimum absolute atomic E-state index is 0.0533. The maximum atomic E-state index is 12.4. The van der Waals surface area contributed by atoms with E-state index in [-0.39, 0.29) is 30.3 Å². The Morgan fingerprint density at radius 1 is 1.48 bits per heavy atom. The van der Waals surface area contributed by atoms with E-state index in [0.29, 0.717) is 0 Å². The van der Waals surface area contributed by atoms with Crippen LogP contribution in [0, 0.1) is 0 Å². The Balaban J connectivity index is 2.35. The molecule has 0 radical (unpaired) electrons. The molecule has 9 heteroatoms. The fraction of sp³-hybridized carbons (Fsp3) is 0.417. The molecule has 2 heterocycles. The average Bonchev–Trinajstić information content (AvgIpc) is 2.42. The van der Waals surface area contributed by atoms with Crippen LogP contribution in [0.25, 0.3) is 0 Å². The number of carbonyl (C=O) groups excluding carboxylic acids is 1. The van der Waals surface area contributed by atoms with E-state index < -0.39 is 28.4 Å². The van der Waals surface area contributed by atoms with Crippen molar-refractivity contribution in [3.63, 3.8) is 0 Å². The van der Waals surface area contributed by atoms with Gasteiger partial charge in [-0.25, -0.2) is 8.42 Å². The second kappa shape index (κ2) is 5.68. The third-order valence-corrected chi connectivity index (χ3v) is 4.23. The van der Waals surface area contributed by atoms with Crippen LogP contribution >= 0.6 is 0 Å². The zero-order chi connectivity index (χ0) is 15.6. The van der Waals surface area contributed by atoms with Gasteiger partial charge < -0.3 is 14.9 Å². The smallest absolute Gasteiger partial charge is 0.323 e. The molecule has 0 fully saturated rings. The van der Waals surface area contributed by atoms with E-state index in [4.69, 9.17) is 5.11 Å². The molecule has 2 aliphatic heterocycles. The number of carbonyl (C=O) groups is 2. The van der Waals surface area contributed by atoms with Gasteiger partial charge in [-0.2, -0.15) is 0 Å². The molecule has 0 aromatic carbocycles. The molecule has 0 saturated carbocycles. The van der Waals surface area contributed by atoms with Crippen LogP contribution in [0.5, 0.6) is 0 Å². The van der Waals surface area contributed by atoms with E-state index in [1.807, 2.05) is 0 Å². The minimum Gasteiger partial charge on any atom is -0.480 e. The van der Waals surface area contributed by atoms with E-state index in [1.54, 1.807) is 24.1 Å². The number of hydrogen-bond acceptors (Lipinski definition) is 5. The highest BCUT2D eigenvalue weighted by Gasteiger charge is 2.32. The Bertz CT molecular complexity index is 662. The highest BCUT2D eigenvalue weighted by atomic mass is 32.2. The molecule has 0 saturated heterocycles. The normalized spacial score (nSPS) is 19.4. The van der Waals surface area contributed by atoms with Crippen molar-refractivity contribution in [2.24, 2.45) is 4.40 Å². The van der Waals surface area contributed by atoms with Gasteiger partial charge in [0.25, 0.3) is 15.9 Å². The second-order valence-electron chi connectivity index (χ2n) is 4.53. The number of aliphatic carboxylic acids is 1. The van der Waals surface area contributed by atoms with Gasteiger partial charge in [0.2, 0.25) is 0 Å². The van der Waals surface area contributed by atoms with Gasteiger partial charge in [0, 0.05) is 19.3 Å². The van der Waals surface area contributed by atoms with Gasteiger partial charge in [-0.05, 0) is 19.1 Å². The first-order valence-electron chi connectivity index (χ1n) is 6.33. The van der Waals surface area contributed by atoms with Crippen molar-refractivity contribution in [2.75, 3.05) is 25.4 Å². The Hall–Kier alpha value is -2.16. The van der Waals surface area contributed by atoms with Crippen molar-refractivity contribution < 1.29 is 23.1 Å². The average molecular weight is 313 g/mol. The molecule has 1 N–H and O–H groups in total. The van der Waals surface area contributed by atoms with E-state index in [9.17, 15) is 18.0 Å². The van der Waals surface area contributed by atoms with Gasteiger partial charge in [-0.1, -0.05) is 0 Å². The van der Waals surface area contributed by atoms with Crippen LogP contribution in [0.2, 0.25) is 0 Å². The van der Waals surface area contributed by atoms with E-state index in [0.717, 1.165) is 4.90 Å². The summed E-state index contributed by atoms with van der Waals surface area (Å²) in [5.41, 5.74) is 0.0869. The molecule has 2 rings (SSSR count). The third kappa shape index (κ3) is 3.30. The zero-order valence-electron chi connectivity index (χ0n) is 11.4. The fourth-order valence-electron chi connectivity index (χ4n) is 2.04. The molecule has 8 nitrogen and oxygen atoms in total. The first-order valence-corrected chi connectivity index (χ1v) is 7.94. The SMILES string of the molecule is CCN(CC(=O)O)C(=O)C1=CC=CN2CCS(=O)(=O)N=C12. The minimum atomic E-state index is -3.59. The van der Waals surface area contributed by atoms with Crippen molar-refractivity contribution in [1.29, 1.82) is 0 Å². The number of carboxylic acids is 1. The molecular formula is C12H15N3O5S. The summed E-state index contributed by atoms with van der Waals surface area (Å²) in [7, 11) is -3.59. The summed E-state index contributed by atoms with van der Waals surface area (Å²) in [5, 5.41) is 8.81. The van der Waals surface area contributed by atoms with Crippen LogP contribution in [0.1, 0.15) is 6.92 Å². The van der Waals surface area contributed by atoms with Crippen LogP contribution in [-0.2, 0) is 19.6 Å². The monoisotopic (exact) mass is 313 g/mol. The highest BCUT2D eigenvalue weighted by Crippen LogP contribution is 2.19. The second-order valence-corrected chi connectivity index (χ2v) is 6.28. The molecule has 114 valence electrons. The molecular weight excluding hydrogens is 298 g/mol. The lowest BCUT2D eigenvalue weighted by molar-refractivity contribution is -0.142. The van der Waals surface area contributed by atoms with Crippen molar-refractivity contribution in [3.8, 4) is 0 Å². The van der Waals surface area contributed by atoms with E-state index >= 15 is 0 Å². The molecule has 0 unspecified atom stereocenters. The predicted octanol–water partition coefficient (Wildman–Crippen LogP) is -0.583. The van der Waals surface area contributed by atoms with Gasteiger partial charge in [0.15, 0.2) is 5.84 Å². The molecule has 0 aliphatic carbocycles. The maximum absolute atomic E-state index is 12.4. The molecule has 0 aromatic rings. The zero-order valence-corrected chi connectivity index (χ0v) is 12.2. The van der Waals surface area contributed by atoms with Crippen molar-refractivity contribution >= 4 is 27.7 Å². The lowest BCUT2D eigenvalue weighted by Crippen LogP contribution is -2.44. The Morgan fingerprint density at radius 3 is 2.81 bits per heavy atom. The summed E-state index contributed by atoms with van der Waals surface area (Å²) in [4.78, 5) is 25.9. The summed E-state index contributed by atoms with van der Waals surface area (Å²) in [6.07, 6.45) is 4.69. The van der Waals surface area contributed by atoms with Crippen LogP contribution in [-0.4, -0.2) is 66.4 Å². The third-order valence-electron chi connectivity index (χ3n) is 3.08. The quantitative estimate of drug-likeness (QED) is 0.744. The molecule has 21 heavy (non-hydrogen) atoms. The predicted molar refractivity (Wildman–Crippen MR) is 75.0 cm³/mol. The summed E-state index contributed by atoms with van der Waals surface area (Å²) in [6.45, 7) is 1.62. The van der Waals surface area contributed by atoms with Gasteiger partial charge in [-0.3, -0.25) is 9.59 Å². The molecule has 0 atom stereocenters. The van der Waals surface area contributed by atoms with Gasteiger partial charge in [0.1, 0.15) is 6.54 Å². The van der Waals surface area contributed by atoms with Crippen molar-refractivity contribution in [1.82, 2.24) is 9.80 Å². The summed E-state index contributed by atoms with van der Waals surface area (Å²) in [6, 6.07) is 0. The number of hydrogen-bond donors (Lipinski definition) is 1. The van der Waals surface area contributed by atoms with Crippen LogP contribution in [0.4, 0.5) is 0 Å². The first kappa shape index (κ1) is 15.2. The van der Waals surface area contributed by atoms with Crippen molar-refractivity contribution in [2.45, 2.75) is 6.92 Å². The maximum Gasteiger partial charge on any atom is 0.323 e. The number of fused-ring (bicyclic) bond motifs is 1. The Kier molecular flexibility index (Phi) is 4.12. The highest BCUT2D eigenvalue weighted by molar-refractivity contribution is 7.90. The van der Waals surface area contributed by atoms with Crippen LogP contribution < -0.4 is 0 Å². The standard InChI is InChI=1S/C12H15N3O5S/c1-2-14(8-10(16)17)12(18)9-4-3-5-15-6-7-21(19,20)13-11(9)15/h3-5H,2,6-8H2,1H3,(H,16,17). The Labute approximate surface area is 122 Å². The number of nitrogens with zero attached hydrogens (tertiary/aromatic N) is 3. The first-order chi connectivity index (χ1) is 9.84. The largest absolute Gasteiger partial charge is 0.480 e. The topological polar surface area (TPSA) is 107 Å². The fourth-order valence-corrected chi connectivity index (χ4v) is 3.03. The van der Waals surface area contributed by atoms with E-state index in [1.165, 1.54) is 6.08 Å². The number of amides is 1. The lowest BCUT2D eigenvalue weighted by Gasteiger charge is -2.30. The molecule has 2 aliphatic rings. The van der Waals surface area contributed by atoms with Gasteiger partial charge >= 0.3 is 5.97 Å². The number of carboxylic acid groups (broad SMARTS) is 1. The Morgan fingerprint density at radius 2 is 2.19 bits per heavy atom. The summed E-state index contributed by atoms with van der Waals surface area (Å²) in [5.74, 6) is -1.75. The summed E-state index contributed by atoms with van der Waals surface area (Å²) >= 11 is 0. The number of amidine groups is 1. The number of likely N-dealkylation sites (N-methyl/N-ethyl adjacent to an activating group) is 1. The van der Waals surface area contributed by atoms with Crippen LogP contribution in [0.15, 0.2) is 28.3 Å². The van der Waals surface area contributed by atoms with Gasteiger partial charge in [0.05, 0.1) is 11.3 Å². The lowest BCUT2D eigenvalue weighted by atomic mass is 10.1. The molecule has 0 aromatic heterocycles. The summed E-state index contributed by atoms with van der Waals surface area (Å²) < 4.78 is 26.8.